The van der Waals surface area contributed by atoms with Crippen molar-refractivity contribution in [2.24, 2.45) is 11.1 Å². The van der Waals surface area contributed by atoms with Gasteiger partial charge in [0.1, 0.15) is 10.7 Å². The molecule has 2 atom stereocenters. The molecular weight excluding hydrogens is 194 g/mol. The zero-order chi connectivity index (χ0) is 6.97. The summed E-state index contributed by atoms with van der Waals surface area (Å²) >= 11 is 3.40. The summed E-state index contributed by atoms with van der Waals surface area (Å²) in [7, 11) is 0. The molecule has 0 bridgehead atoms. The first kappa shape index (κ1) is 6.65. The molecule has 1 heterocycles. The first-order valence-electron chi connectivity index (χ1n) is 3.77. The van der Waals surface area contributed by atoms with Crippen LogP contribution in [0, 0.1) is 5.92 Å². The van der Waals surface area contributed by atoms with Crippen LogP contribution in [0.3, 0.4) is 0 Å². The summed E-state index contributed by atoms with van der Waals surface area (Å²) in [4.78, 5) is 5.21. The van der Waals surface area contributed by atoms with Crippen LogP contribution in [0.5, 0.6) is 0 Å². The van der Waals surface area contributed by atoms with Crippen LogP contribution in [0.1, 0.15) is 25.7 Å². The Kier molecular flexibility index (Phi) is 1.68. The van der Waals surface area contributed by atoms with Gasteiger partial charge in [0.05, 0.1) is 5.92 Å². The fourth-order valence-corrected chi connectivity index (χ4v) is 2.29. The molecular formula is C7H10BrNO. The number of rotatable bonds is 0. The second kappa shape index (κ2) is 2.53. The zero-order valence-corrected chi connectivity index (χ0v) is 7.30. The molecule has 0 aromatic heterocycles. The fourth-order valence-electron chi connectivity index (χ4n) is 1.68. The van der Waals surface area contributed by atoms with E-state index in [1.54, 1.807) is 0 Å². The lowest BCUT2D eigenvalue weighted by atomic mass is 9.88. The van der Waals surface area contributed by atoms with Crippen molar-refractivity contribution in [2.75, 3.05) is 0 Å². The van der Waals surface area contributed by atoms with E-state index in [0.717, 1.165) is 4.62 Å². The van der Waals surface area contributed by atoms with Crippen LogP contribution in [0.4, 0.5) is 0 Å². The molecule has 2 unspecified atom stereocenters. The molecule has 2 aliphatic rings. The molecule has 1 fully saturated rings. The van der Waals surface area contributed by atoms with Crippen LogP contribution in [0.25, 0.3) is 0 Å². The normalized spacial score (nSPS) is 38.3. The molecule has 2 rings (SSSR count). The predicted octanol–water partition coefficient (Wildman–Crippen LogP) is 2.28. The Labute approximate surface area is 68.7 Å². The minimum atomic E-state index is 0.392. The Morgan fingerprint density at radius 1 is 1.40 bits per heavy atom. The van der Waals surface area contributed by atoms with E-state index in [-0.39, 0.29) is 0 Å². The minimum absolute atomic E-state index is 0.392. The molecule has 10 heavy (non-hydrogen) atoms. The maximum Gasteiger partial charge on any atom is 0.136 e. The molecule has 56 valence electrons. The Bertz CT molecular complexity index is 169. The molecule has 0 N–H and O–H groups in total. The Hall–Kier alpha value is -0.0500. The first-order chi connectivity index (χ1) is 4.88. The summed E-state index contributed by atoms with van der Waals surface area (Å²) in [5, 5.41) is 3.91. The highest BCUT2D eigenvalue weighted by molar-refractivity contribution is 9.18. The van der Waals surface area contributed by atoms with Crippen molar-refractivity contribution in [3.63, 3.8) is 0 Å². The number of nitrogens with zero attached hydrogens (tertiary/aromatic N) is 1. The molecule has 1 saturated carbocycles. The molecule has 0 aromatic rings. The Balaban J connectivity index is 2.08. The van der Waals surface area contributed by atoms with E-state index in [0.29, 0.717) is 12.0 Å². The van der Waals surface area contributed by atoms with Gasteiger partial charge in [0, 0.05) is 0 Å². The topological polar surface area (TPSA) is 21.6 Å². The van der Waals surface area contributed by atoms with Gasteiger partial charge in [0.25, 0.3) is 0 Å². The number of oxime groups is 1. The minimum Gasteiger partial charge on any atom is -0.391 e. The van der Waals surface area contributed by atoms with Gasteiger partial charge in [-0.2, -0.15) is 0 Å². The standard InChI is InChI=1S/C7H10BrNO/c8-7-5-3-1-2-4-6(5)10-9-7/h5-6H,1-4H2. The predicted molar refractivity (Wildman–Crippen MR) is 43.2 cm³/mol. The highest BCUT2D eigenvalue weighted by Crippen LogP contribution is 2.33. The average molecular weight is 204 g/mol. The van der Waals surface area contributed by atoms with Gasteiger partial charge in [0.15, 0.2) is 0 Å². The molecule has 2 nitrogen and oxygen atoms in total. The Morgan fingerprint density at radius 2 is 2.20 bits per heavy atom. The number of hydrogen-bond acceptors (Lipinski definition) is 2. The smallest absolute Gasteiger partial charge is 0.136 e. The number of fused-ring (bicyclic) bond motifs is 1. The first-order valence-corrected chi connectivity index (χ1v) is 4.56. The second-order valence-corrected chi connectivity index (χ2v) is 3.76. The molecule has 3 heteroatoms. The summed E-state index contributed by atoms with van der Waals surface area (Å²) in [6.45, 7) is 0. The van der Waals surface area contributed by atoms with Crippen molar-refractivity contribution >= 4 is 20.6 Å². The summed E-state index contributed by atoms with van der Waals surface area (Å²) in [5.74, 6) is 0.578. The number of halogens is 1. The van der Waals surface area contributed by atoms with Gasteiger partial charge in [-0.3, -0.25) is 0 Å². The molecule has 1 aliphatic carbocycles. The third-order valence-electron chi connectivity index (χ3n) is 2.28. The zero-order valence-electron chi connectivity index (χ0n) is 5.72. The molecule has 1 aliphatic heterocycles. The quantitative estimate of drug-likeness (QED) is 0.593. The van der Waals surface area contributed by atoms with E-state index in [1.165, 1.54) is 25.7 Å². The third-order valence-corrected chi connectivity index (χ3v) is 3.02. The van der Waals surface area contributed by atoms with Crippen molar-refractivity contribution in [3.8, 4) is 0 Å². The van der Waals surface area contributed by atoms with Crippen molar-refractivity contribution in [1.29, 1.82) is 0 Å². The second-order valence-electron chi connectivity index (χ2n) is 2.95. The third kappa shape index (κ3) is 0.965. The van der Waals surface area contributed by atoms with Gasteiger partial charge < -0.3 is 4.84 Å². The monoisotopic (exact) mass is 203 g/mol. The summed E-state index contributed by atoms with van der Waals surface area (Å²) in [6.07, 6.45) is 5.45. The fraction of sp³-hybridized carbons (Fsp3) is 0.857. The van der Waals surface area contributed by atoms with E-state index in [4.69, 9.17) is 4.84 Å². The molecule has 0 saturated heterocycles. The van der Waals surface area contributed by atoms with Crippen molar-refractivity contribution in [3.05, 3.63) is 0 Å². The molecule has 0 radical (unpaired) electrons. The summed E-state index contributed by atoms with van der Waals surface area (Å²) in [5.41, 5.74) is 0. The van der Waals surface area contributed by atoms with Crippen LogP contribution < -0.4 is 0 Å². The van der Waals surface area contributed by atoms with Gasteiger partial charge >= 0.3 is 0 Å². The lowest BCUT2D eigenvalue weighted by Crippen LogP contribution is -2.24. The SMILES string of the molecule is BrC1=NOC2CCCCC12. The van der Waals surface area contributed by atoms with Gasteiger partial charge in [-0.25, -0.2) is 0 Å². The van der Waals surface area contributed by atoms with Gasteiger partial charge in [-0.1, -0.05) is 11.6 Å². The van der Waals surface area contributed by atoms with Gasteiger partial charge in [-0.05, 0) is 35.2 Å². The van der Waals surface area contributed by atoms with Gasteiger partial charge in [-0.15, -0.1) is 0 Å². The highest BCUT2D eigenvalue weighted by Gasteiger charge is 2.34. The van der Waals surface area contributed by atoms with E-state index in [2.05, 4.69) is 21.1 Å². The van der Waals surface area contributed by atoms with Crippen molar-refractivity contribution in [2.45, 2.75) is 31.8 Å². The lowest BCUT2D eigenvalue weighted by molar-refractivity contribution is 0.0397. The lowest BCUT2D eigenvalue weighted by Gasteiger charge is -2.21. The van der Waals surface area contributed by atoms with E-state index >= 15 is 0 Å². The van der Waals surface area contributed by atoms with Crippen LogP contribution in [-0.2, 0) is 4.84 Å². The number of hydrogen-bond donors (Lipinski definition) is 0. The highest BCUT2D eigenvalue weighted by atomic mass is 79.9. The van der Waals surface area contributed by atoms with E-state index < -0.39 is 0 Å². The van der Waals surface area contributed by atoms with Crippen LogP contribution in [0.2, 0.25) is 0 Å². The van der Waals surface area contributed by atoms with Crippen molar-refractivity contribution < 1.29 is 4.84 Å². The average Bonchev–Trinajstić information content (AvgIpc) is 2.34. The van der Waals surface area contributed by atoms with Crippen LogP contribution >= 0.6 is 15.9 Å². The van der Waals surface area contributed by atoms with Gasteiger partial charge in [0.2, 0.25) is 0 Å². The van der Waals surface area contributed by atoms with Crippen LogP contribution in [-0.4, -0.2) is 10.7 Å². The summed E-state index contributed by atoms with van der Waals surface area (Å²) < 4.78 is 1.03. The maximum atomic E-state index is 5.21. The molecule has 0 amide bonds. The van der Waals surface area contributed by atoms with Crippen molar-refractivity contribution in [1.82, 2.24) is 0 Å². The molecule has 0 spiro atoms. The molecule has 0 aromatic carbocycles. The maximum absolute atomic E-state index is 5.21. The Morgan fingerprint density at radius 3 is 3.00 bits per heavy atom. The van der Waals surface area contributed by atoms with E-state index in [1.807, 2.05) is 0 Å². The van der Waals surface area contributed by atoms with E-state index in [9.17, 15) is 0 Å². The summed E-state index contributed by atoms with van der Waals surface area (Å²) in [6, 6.07) is 0. The van der Waals surface area contributed by atoms with Crippen LogP contribution in [0.15, 0.2) is 5.16 Å². The largest absolute Gasteiger partial charge is 0.391 e.